The Morgan fingerprint density at radius 2 is 2.00 bits per heavy atom. The zero-order valence-electron chi connectivity index (χ0n) is 11.5. The van der Waals surface area contributed by atoms with E-state index in [9.17, 15) is 0 Å². The lowest BCUT2D eigenvalue weighted by Crippen LogP contribution is -2.37. The molecule has 1 N–H and O–H groups in total. The first-order valence-corrected chi connectivity index (χ1v) is 7.78. The molecule has 0 bridgehead atoms. The van der Waals surface area contributed by atoms with Crippen molar-refractivity contribution in [3.8, 4) is 0 Å². The van der Waals surface area contributed by atoms with Crippen molar-refractivity contribution in [2.24, 2.45) is 5.92 Å². The number of piperidine rings is 1. The van der Waals surface area contributed by atoms with Crippen molar-refractivity contribution in [1.82, 2.24) is 10.2 Å². The van der Waals surface area contributed by atoms with Crippen molar-refractivity contribution in [2.75, 3.05) is 26.2 Å². The number of rotatable bonds is 5. The Balaban J connectivity index is 1.68. The zero-order chi connectivity index (χ0) is 13.7. The van der Waals surface area contributed by atoms with Gasteiger partial charge in [-0.3, -0.25) is 0 Å². The Labute approximate surface area is 126 Å². The summed E-state index contributed by atoms with van der Waals surface area (Å²) in [4.78, 5) is 2.53. The maximum Gasteiger partial charge on any atom is 0.0637 e. The van der Waals surface area contributed by atoms with Crippen LogP contribution in [0, 0.1) is 5.92 Å². The van der Waals surface area contributed by atoms with Gasteiger partial charge in [0.05, 0.1) is 10.0 Å². The maximum atomic E-state index is 6.15. The molecule has 0 atom stereocenters. The first-order valence-electron chi connectivity index (χ1n) is 7.03. The molecule has 0 unspecified atom stereocenters. The van der Waals surface area contributed by atoms with Crippen molar-refractivity contribution in [1.29, 1.82) is 0 Å². The highest BCUT2D eigenvalue weighted by Crippen LogP contribution is 2.25. The second kappa shape index (κ2) is 7.49. The van der Waals surface area contributed by atoms with Gasteiger partial charge < -0.3 is 10.2 Å². The highest BCUT2D eigenvalue weighted by Gasteiger charge is 2.14. The van der Waals surface area contributed by atoms with Crippen LogP contribution < -0.4 is 5.32 Å². The molecule has 0 aliphatic carbocycles. The number of hydrogen-bond acceptors (Lipinski definition) is 2. The summed E-state index contributed by atoms with van der Waals surface area (Å²) < 4.78 is 0. The maximum absolute atomic E-state index is 6.15. The molecule has 1 aliphatic rings. The van der Waals surface area contributed by atoms with Crippen LogP contribution in [0.1, 0.15) is 25.3 Å². The molecule has 19 heavy (non-hydrogen) atoms. The largest absolute Gasteiger partial charge is 0.311 e. The molecule has 1 heterocycles. The van der Waals surface area contributed by atoms with Gasteiger partial charge in [0.2, 0.25) is 0 Å². The highest BCUT2D eigenvalue weighted by molar-refractivity contribution is 6.42. The summed E-state index contributed by atoms with van der Waals surface area (Å²) in [6.45, 7) is 7.71. The van der Waals surface area contributed by atoms with Crippen molar-refractivity contribution in [3.05, 3.63) is 33.8 Å². The first kappa shape index (κ1) is 15.1. The molecule has 1 saturated heterocycles. The summed E-state index contributed by atoms with van der Waals surface area (Å²) in [5.41, 5.74) is 1.07. The molecular weight excluding hydrogens is 279 g/mol. The van der Waals surface area contributed by atoms with E-state index in [-0.39, 0.29) is 0 Å². The molecule has 0 radical (unpaired) electrons. The summed E-state index contributed by atoms with van der Waals surface area (Å²) in [6.07, 6.45) is 2.67. The molecule has 1 aliphatic heterocycles. The molecule has 1 aromatic carbocycles. The van der Waals surface area contributed by atoms with Crippen LogP contribution in [0.3, 0.4) is 0 Å². The van der Waals surface area contributed by atoms with E-state index in [4.69, 9.17) is 23.2 Å². The minimum absolute atomic E-state index is 0.631. The number of hydrogen-bond donors (Lipinski definition) is 1. The number of likely N-dealkylation sites (tertiary alicyclic amines) is 1. The minimum Gasteiger partial charge on any atom is -0.311 e. The van der Waals surface area contributed by atoms with E-state index >= 15 is 0 Å². The van der Waals surface area contributed by atoms with Crippen molar-refractivity contribution >= 4 is 23.2 Å². The standard InChI is InChI=1S/C15H22Cl2N2/c1-12-5-8-19(9-6-12)10-7-18-11-13-3-2-4-14(16)15(13)17/h2-4,12,18H,5-11H2,1H3. The topological polar surface area (TPSA) is 15.3 Å². The molecule has 4 heteroatoms. The molecule has 1 aromatic rings. The predicted molar refractivity (Wildman–Crippen MR) is 83.0 cm³/mol. The molecule has 1 fully saturated rings. The van der Waals surface area contributed by atoms with Gasteiger partial charge in [0.1, 0.15) is 0 Å². The molecule has 0 aromatic heterocycles. The van der Waals surface area contributed by atoms with Gasteiger partial charge in [-0.05, 0) is 43.5 Å². The Morgan fingerprint density at radius 1 is 1.26 bits per heavy atom. The molecule has 106 valence electrons. The van der Waals surface area contributed by atoms with Gasteiger partial charge in [0.25, 0.3) is 0 Å². The van der Waals surface area contributed by atoms with E-state index in [2.05, 4.69) is 17.1 Å². The Hall–Kier alpha value is -0.280. The van der Waals surface area contributed by atoms with Gasteiger partial charge in [-0.2, -0.15) is 0 Å². The van der Waals surface area contributed by atoms with Gasteiger partial charge in [-0.15, -0.1) is 0 Å². The van der Waals surface area contributed by atoms with Crippen LogP contribution in [-0.4, -0.2) is 31.1 Å². The fourth-order valence-electron chi connectivity index (χ4n) is 2.43. The second-order valence-corrected chi connectivity index (χ2v) is 6.20. The van der Waals surface area contributed by atoms with Gasteiger partial charge in [-0.25, -0.2) is 0 Å². The summed E-state index contributed by atoms with van der Waals surface area (Å²) in [5, 5.41) is 4.74. The number of halogens is 2. The third-order valence-corrected chi connectivity index (χ3v) is 4.69. The van der Waals surface area contributed by atoms with Crippen LogP contribution in [0.15, 0.2) is 18.2 Å². The number of benzene rings is 1. The SMILES string of the molecule is CC1CCN(CCNCc2cccc(Cl)c2Cl)CC1. The Kier molecular flexibility index (Phi) is 5.96. The smallest absolute Gasteiger partial charge is 0.0637 e. The van der Waals surface area contributed by atoms with Crippen LogP contribution in [-0.2, 0) is 6.54 Å². The van der Waals surface area contributed by atoms with E-state index in [1.165, 1.54) is 25.9 Å². The summed E-state index contributed by atoms with van der Waals surface area (Å²) in [6, 6.07) is 5.78. The van der Waals surface area contributed by atoms with E-state index < -0.39 is 0 Å². The third-order valence-electron chi connectivity index (χ3n) is 3.83. The lowest BCUT2D eigenvalue weighted by atomic mass is 9.99. The van der Waals surface area contributed by atoms with E-state index in [0.29, 0.717) is 10.0 Å². The third kappa shape index (κ3) is 4.64. The second-order valence-electron chi connectivity index (χ2n) is 5.41. The summed E-state index contributed by atoms with van der Waals surface area (Å²) in [7, 11) is 0. The average molecular weight is 301 g/mol. The van der Waals surface area contributed by atoms with Crippen LogP contribution in [0.4, 0.5) is 0 Å². The lowest BCUT2D eigenvalue weighted by Gasteiger charge is -2.30. The fourth-order valence-corrected chi connectivity index (χ4v) is 2.82. The molecule has 0 spiro atoms. The molecule has 0 amide bonds. The zero-order valence-corrected chi connectivity index (χ0v) is 13.0. The monoisotopic (exact) mass is 300 g/mol. The van der Waals surface area contributed by atoms with Gasteiger partial charge in [-0.1, -0.05) is 42.3 Å². The van der Waals surface area contributed by atoms with E-state index in [0.717, 1.165) is 31.1 Å². The van der Waals surface area contributed by atoms with E-state index in [1.807, 2.05) is 18.2 Å². The predicted octanol–water partition coefficient (Wildman–Crippen LogP) is 3.81. The fraction of sp³-hybridized carbons (Fsp3) is 0.600. The van der Waals surface area contributed by atoms with Gasteiger partial charge in [0, 0.05) is 19.6 Å². The lowest BCUT2D eigenvalue weighted by molar-refractivity contribution is 0.193. The normalized spacial score (nSPS) is 17.8. The van der Waals surface area contributed by atoms with Gasteiger partial charge >= 0.3 is 0 Å². The number of nitrogens with zero attached hydrogens (tertiary/aromatic N) is 1. The summed E-state index contributed by atoms with van der Waals surface area (Å²) in [5.74, 6) is 0.898. The van der Waals surface area contributed by atoms with Crippen LogP contribution in [0.25, 0.3) is 0 Å². The molecule has 2 nitrogen and oxygen atoms in total. The molecule has 2 rings (SSSR count). The first-order chi connectivity index (χ1) is 9.16. The average Bonchev–Trinajstić information content (AvgIpc) is 2.41. The van der Waals surface area contributed by atoms with Crippen LogP contribution in [0.5, 0.6) is 0 Å². The number of nitrogens with one attached hydrogen (secondary N) is 1. The van der Waals surface area contributed by atoms with Crippen LogP contribution in [0.2, 0.25) is 10.0 Å². The Bertz CT molecular complexity index is 401. The van der Waals surface area contributed by atoms with Crippen LogP contribution >= 0.6 is 23.2 Å². The van der Waals surface area contributed by atoms with Crippen molar-refractivity contribution in [2.45, 2.75) is 26.3 Å². The van der Waals surface area contributed by atoms with E-state index in [1.54, 1.807) is 0 Å². The minimum atomic E-state index is 0.631. The quantitative estimate of drug-likeness (QED) is 0.832. The van der Waals surface area contributed by atoms with Crippen molar-refractivity contribution in [3.63, 3.8) is 0 Å². The van der Waals surface area contributed by atoms with Crippen molar-refractivity contribution < 1.29 is 0 Å². The summed E-state index contributed by atoms with van der Waals surface area (Å²) >= 11 is 12.1. The molecular formula is C15H22Cl2N2. The molecule has 0 saturated carbocycles. The Morgan fingerprint density at radius 3 is 2.74 bits per heavy atom. The van der Waals surface area contributed by atoms with Gasteiger partial charge in [0.15, 0.2) is 0 Å². The highest BCUT2D eigenvalue weighted by atomic mass is 35.5.